The highest BCUT2D eigenvalue weighted by Gasteiger charge is 2.26. The molecule has 1 fully saturated rings. The van der Waals surface area contributed by atoms with Crippen LogP contribution >= 0.6 is 0 Å². The molecule has 0 aromatic rings. The molecular weight excluding hydrogens is 276 g/mol. The highest BCUT2D eigenvalue weighted by Crippen LogP contribution is 2.26. The van der Waals surface area contributed by atoms with Gasteiger partial charge < -0.3 is 11.1 Å². The topological polar surface area (TPSA) is 89.3 Å². The fourth-order valence-corrected chi connectivity index (χ4v) is 4.54. The number of rotatable bonds is 7. The largest absolute Gasteiger partial charge is 0.351 e. The third-order valence-corrected chi connectivity index (χ3v) is 5.63. The molecule has 6 heteroatoms. The van der Waals surface area contributed by atoms with E-state index in [-0.39, 0.29) is 17.7 Å². The molecule has 5 nitrogen and oxygen atoms in total. The lowest BCUT2D eigenvalue weighted by Gasteiger charge is -2.30. The lowest BCUT2D eigenvalue weighted by molar-refractivity contribution is -0.119. The van der Waals surface area contributed by atoms with Crippen molar-refractivity contribution in [1.82, 2.24) is 5.32 Å². The van der Waals surface area contributed by atoms with E-state index in [0.29, 0.717) is 12.5 Å². The van der Waals surface area contributed by atoms with Gasteiger partial charge in [-0.15, -0.1) is 0 Å². The maximum Gasteiger partial charge on any atom is 0.235 e. The second-order valence-electron chi connectivity index (χ2n) is 6.26. The maximum atomic E-state index is 11.9. The summed E-state index contributed by atoms with van der Waals surface area (Å²) >= 11 is 0. The minimum atomic E-state index is -3.32. The van der Waals surface area contributed by atoms with E-state index in [1.165, 1.54) is 19.3 Å². The van der Waals surface area contributed by atoms with Gasteiger partial charge in [-0.05, 0) is 24.7 Å². The summed E-state index contributed by atoms with van der Waals surface area (Å²) in [5.41, 5.74) is 5.73. The van der Waals surface area contributed by atoms with Gasteiger partial charge in [0.1, 0.15) is 5.75 Å². The van der Waals surface area contributed by atoms with Crippen molar-refractivity contribution < 1.29 is 13.2 Å². The first-order valence-electron chi connectivity index (χ1n) is 7.54. The number of nitrogens with two attached hydrogens (primary N) is 1. The quantitative estimate of drug-likeness (QED) is 0.736. The normalized spacial score (nSPS) is 19.0. The molecule has 1 amide bonds. The van der Waals surface area contributed by atoms with Crippen molar-refractivity contribution in [3.8, 4) is 0 Å². The van der Waals surface area contributed by atoms with E-state index < -0.39 is 21.5 Å². The molecule has 0 aliphatic heterocycles. The van der Waals surface area contributed by atoms with Crippen LogP contribution in [0.3, 0.4) is 0 Å². The zero-order chi connectivity index (χ0) is 15.2. The zero-order valence-electron chi connectivity index (χ0n) is 12.6. The SMILES string of the molecule is CC(C)CS(=O)(=O)CC(=O)NC(CN)C1CCCCC1. The standard InChI is InChI=1S/C14H28N2O3S/c1-11(2)9-20(18,19)10-14(17)16-13(8-15)12-6-4-3-5-7-12/h11-13H,3-10,15H2,1-2H3,(H,16,17). The van der Waals surface area contributed by atoms with Crippen LogP contribution in [-0.2, 0) is 14.6 Å². The first-order valence-corrected chi connectivity index (χ1v) is 9.36. The molecule has 0 saturated heterocycles. The van der Waals surface area contributed by atoms with E-state index in [9.17, 15) is 13.2 Å². The first-order chi connectivity index (χ1) is 9.34. The Morgan fingerprint density at radius 2 is 1.85 bits per heavy atom. The van der Waals surface area contributed by atoms with Crippen LogP contribution in [0.4, 0.5) is 0 Å². The molecule has 0 radical (unpaired) electrons. The van der Waals surface area contributed by atoms with Crippen LogP contribution in [0, 0.1) is 11.8 Å². The maximum absolute atomic E-state index is 11.9. The molecule has 1 rings (SSSR count). The molecule has 1 aliphatic carbocycles. The van der Waals surface area contributed by atoms with E-state index >= 15 is 0 Å². The summed E-state index contributed by atoms with van der Waals surface area (Å²) < 4.78 is 23.6. The van der Waals surface area contributed by atoms with Crippen molar-refractivity contribution in [2.75, 3.05) is 18.1 Å². The zero-order valence-corrected chi connectivity index (χ0v) is 13.4. The Balaban J connectivity index is 2.50. The monoisotopic (exact) mass is 304 g/mol. The van der Waals surface area contributed by atoms with E-state index in [2.05, 4.69) is 5.32 Å². The molecule has 3 N–H and O–H groups in total. The van der Waals surface area contributed by atoms with Crippen molar-refractivity contribution in [3.05, 3.63) is 0 Å². The minimum Gasteiger partial charge on any atom is -0.351 e. The van der Waals surface area contributed by atoms with Crippen molar-refractivity contribution >= 4 is 15.7 Å². The number of nitrogens with one attached hydrogen (secondary N) is 1. The average Bonchev–Trinajstić information content (AvgIpc) is 2.34. The summed E-state index contributed by atoms with van der Waals surface area (Å²) in [6.45, 7) is 4.04. The Labute approximate surface area is 122 Å². The van der Waals surface area contributed by atoms with E-state index in [4.69, 9.17) is 5.73 Å². The molecule has 118 valence electrons. The summed E-state index contributed by atoms with van der Waals surface area (Å²) in [5, 5.41) is 2.82. The molecule has 0 heterocycles. The van der Waals surface area contributed by atoms with Crippen LogP contribution in [0.1, 0.15) is 46.0 Å². The summed E-state index contributed by atoms with van der Waals surface area (Å²) in [6, 6.07) is -0.0861. The fraction of sp³-hybridized carbons (Fsp3) is 0.929. The van der Waals surface area contributed by atoms with Crippen LogP contribution in [0.25, 0.3) is 0 Å². The minimum absolute atomic E-state index is 0.0384. The van der Waals surface area contributed by atoms with Crippen molar-refractivity contribution in [1.29, 1.82) is 0 Å². The van der Waals surface area contributed by atoms with Gasteiger partial charge in [-0.25, -0.2) is 8.42 Å². The summed E-state index contributed by atoms with van der Waals surface area (Å²) in [7, 11) is -3.32. The van der Waals surface area contributed by atoms with Crippen LogP contribution in [-0.4, -0.2) is 38.4 Å². The number of carbonyl (C=O) groups is 1. The molecule has 0 aromatic carbocycles. The molecule has 1 aliphatic rings. The Morgan fingerprint density at radius 3 is 2.35 bits per heavy atom. The third kappa shape index (κ3) is 6.22. The molecule has 0 bridgehead atoms. The van der Waals surface area contributed by atoms with E-state index in [1.807, 2.05) is 13.8 Å². The Kier molecular flexibility index (Phi) is 6.95. The predicted molar refractivity (Wildman–Crippen MR) is 81.1 cm³/mol. The highest BCUT2D eigenvalue weighted by atomic mass is 32.2. The summed E-state index contributed by atoms with van der Waals surface area (Å²) in [6.07, 6.45) is 5.72. The van der Waals surface area contributed by atoms with Gasteiger partial charge in [0.15, 0.2) is 9.84 Å². The van der Waals surface area contributed by atoms with Gasteiger partial charge in [0.05, 0.1) is 5.75 Å². The molecule has 1 unspecified atom stereocenters. The number of sulfone groups is 1. The lowest BCUT2D eigenvalue weighted by Crippen LogP contribution is -2.47. The molecule has 1 saturated carbocycles. The fourth-order valence-electron chi connectivity index (χ4n) is 2.92. The van der Waals surface area contributed by atoms with Crippen LogP contribution in [0.5, 0.6) is 0 Å². The van der Waals surface area contributed by atoms with Crippen molar-refractivity contribution in [2.24, 2.45) is 17.6 Å². The second-order valence-corrected chi connectivity index (χ2v) is 8.37. The number of hydrogen-bond acceptors (Lipinski definition) is 4. The molecular formula is C14H28N2O3S. The van der Waals surface area contributed by atoms with Gasteiger partial charge in [-0.2, -0.15) is 0 Å². The average molecular weight is 304 g/mol. The number of amides is 1. The van der Waals surface area contributed by atoms with Crippen molar-refractivity contribution in [2.45, 2.75) is 52.0 Å². The third-order valence-electron chi connectivity index (χ3n) is 3.76. The highest BCUT2D eigenvalue weighted by molar-refractivity contribution is 7.92. The molecule has 1 atom stereocenters. The van der Waals surface area contributed by atoms with Gasteiger partial charge in [0.25, 0.3) is 0 Å². The molecule has 20 heavy (non-hydrogen) atoms. The molecule has 0 spiro atoms. The summed E-state index contributed by atoms with van der Waals surface area (Å²) in [5.74, 6) is -0.348. The van der Waals surface area contributed by atoms with Crippen LogP contribution < -0.4 is 11.1 Å². The van der Waals surface area contributed by atoms with Gasteiger partial charge >= 0.3 is 0 Å². The van der Waals surface area contributed by atoms with Gasteiger partial charge in [0.2, 0.25) is 5.91 Å². The van der Waals surface area contributed by atoms with E-state index in [1.54, 1.807) is 0 Å². The van der Waals surface area contributed by atoms with Gasteiger partial charge in [-0.3, -0.25) is 4.79 Å². The second kappa shape index (κ2) is 7.98. The Hall–Kier alpha value is -0.620. The van der Waals surface area contributed by atoms with Gasteiger partial charge in [-0.1, -0.05) is 33.1 Å². The van der Waals surface area contributed by atoms with E-state index in [0.717, 1.165) is 12.8 Å². The number of carbonyl (C=O) groups excluding carboxylic acids is 1. The summed E-state index contributed by atoms with van der Waals surface area (Å²) in [4.78, 5) is 11.9. The molecule has 0 aromatic heterocycles. The Bertz CT molecular complexity index is 401. The van der Waals surface area contributed by atoms with Crippen molar-refractivity contribution in [3.63, 3.8) is 0 Å². The van der Waals surface area contributed by atoms with Gasteiger partial charge in [0, 0.05) is 12.6 Å². The smallest absolute Gasteiger partial charge is 0.235 e. The first kappa shape index (κ1) is 17.4. The lowest BCUT2D eigenvalue weighted by atomic mass is 9.84. The Morgan fingerprint density at radius 1 is 1.25 bits per heavy atom. The van der Waals surface area contributed by atoms with Crippen LogP contribution in [0.2, 0.25) is 0 Å². The number of hydrogen-bond donors (Lipinski definition) is 2. The predicted octanol–water partition coefficient (Wildman–Crippen LogP) is 1.08. The van der Waals surface area contributed by atoms with Crippen LogP contribution in [0.15, 0.2) is 0 Å².